The summed E-state index contributed by atoms with van der Waals surface area (Å²) in [6, 6.07) is 8.63. The molecule has 2 aromatic heterocycles. The fraction of sp³-hybridized carbons (Fsp3) is 0.576. The van der Waals surface area contributed by atoms with E-state index in [9.17, 15) is 38.4 Å². The molecule has 0 spiro atoms. The van der Waals surface area contributed by atoms with Gasteiger partial charge in [0.15, 0.2) is 35.9 Å². The van der Waals surface area contributed by atoms with Gasteiger partial charge in [-0.3, -0.25) is 38.1 Å². The van der Waals surface area contributed by atoms with E-state index in [1.807, 2.05) is 55.4 Å². The van der Waals surface area contributed by atoms with Crippen LogP contribution in [0.5, 0.6) is 11.5 Å². The lowest BCUT2D eigenvalue weighted by atomic mass is 9.99. The summed E-state index contributed by atoms with van der Waals surface area (Å²) in [5, 5.41) is 26.6. The molecule has 2 aromatic carbocycles. The number of benzene rings is 2. The van der Waals surface area contributed by atoms with E-state index in [0.29, 0.717) is 22.6 Å². The molecule has 1 aliphatic heterocycles. The van der Waals surface area contributed by atoms with E-state index in [4.69, 9.17) is 38.6 Å². The molecule has 92 heavy (non-hydrogen) atoms. The molecular formula is C66H92N8O18. The van der Waals surface area contributed by atoms with Gasteiger partial charge in [-0.15, -0.1) is 0 Å². The van der Waals surface area contributed by atoms with Gasteiger partial charge in [0.25, 0.3) is 23.6 Å². The molecule has 26 nitrogen and oxygen atoms in total. The van der Waals surface area contributed by atoms with Crippen molar-refractivity contribution in [1.82, 2.24) is 39.2 Å². The molecule has 0 unspecified atom stereocenters. The first kappa shape index (κ1) is 73.9. The predicted molar refractivity (Wildman–Crippen MR) is 333 cm³/mol. The van der Waals surface area contributed by atoms with E-state index >= 15 is 9.59 Å². The second-order valence-electron chi connectivity index (χ2n) is 25.2. The van der Waals surface area contributed by atoms with E-state index in [1.165, 1.54) is 54.4 Å². The van der Waals surface area contributed by atoms with Gasteiger partial charge in [-0.05, 0) is 85.5 Å². The van der Waals surface area contributed by atoms with Crippen LogP contribution in [0.2, 0.25) is 0 Å². The number of carboxylic acid groups (broad SMARTS) is 2. The predicted octanol–water partition coefficient (Wildman–Crippen LogP) is 5.86. The van der Waals surface area contributed by atoms with Crippen LogP contribution in [0.25, 0.3) is 0 Å². The number of hydrogen-bond donors (Lipinski definition) is 2. The van der Waals surface area contributed by atoms with Gasteiger partial charge in [0.2, 0.25) is 0 Å². The van der Waals surface area contributed by atoms with Crippen molar-refractivity contribution in [3.63, 3.8) is 0 Å². The van der Waals surface area contributed by atoms with Crippen LogP contribution in [-0.2, 0) is 92.8 Å². The van der Waals surface area contributed by atoms with Gasteiger partial charge in [-0.2, -0.15) is 10.2 Å². The summed E-state index contributed by atoms with van der Waals surface area (Å²) in [5.41, 5.74) is 2.62. The molecule has 4 aromatic rings. The number of nitrogens with zero attached hydrogens (tertiary/aromatic N) is 8. The topological polar surface area (TPSA) is 315 Å². The normalized spacial score (nSPS) is 21.6. The minimum Gasteiger partial charge on any atom is -0.490 e. The van der Waals surface area contributed by atoms with E-state index in [1.54, 1.807) is 70.3 Å². The molecule has 1 fully saturated rings. The highest BCUT2D eigenvalue weighted by molar-refractivity contribution is 5.94. The number of hydrogen-bond acceptors (Lipinski definition) is 18. The zero-order valence-electron chi connectivity index (χ0n) is 55.3. The van der Waals surface area contributed by atoms with Crippen molar-refractivity contribution < 1.29 is 86.6 Å². The van der Waals surface area contributed by atoms with Gasteiger partial charge >= 0.3 is 35.8 Å². The van der Waals surface area contributed by atoms with E-state index in [2.05, 4.69) is 10.2 Å². The van der Waals surface area contributed by atoms with Gasteiger partial charge < -0.3 is 58.2 Å². The second-order valence-corrected chi connectivity index (χ2v) is 25.2. The number of aliphatic carboxylic acids is 2. The van der Waals surface area contributed by atoms with Crippen LogP contribution < -0.4 is 9.47 Å². The van der Waals surface area contributed by atoms with Crippen LogP contribution in [0.15, 0.2) is 73.3 Å². The zero-order valence-corrected chi connectivity index (χ0v) is 55.3. The minimum absolute atomic E-state index is 0.0296. The molecule has 2 N–H and O–H groups in total. The number of rotatable bonds is 24. The number of ether oxygens (including phenoxy) is 6. The van der Waals surface area contributed by atoms with Crippen LogP contribution in [0, 0.1) is 23.7 Å². The summed E-state index contributed by atoms with van der Waals surface area (Å²) in [6.07, 6.45) is -0.829. The monoisotopic (exact) mass is 1280 g/mol. The highest BCUT2D eigenvalue weighted by Gasteiger charge is 2.43. The molecule has 1 aliphatic rings. The first-order valence-corrected chi connectivity index (χ1v) is 31.1. The average Bonchev–Trinajstić information content (AvgIpc) is 1.45. The Hall–Kier alpha value is -8.84. The number of carbonyl (C=O) groups is 10. The van der Waals surface area contributed by atoms with Crippen LogP contribution in [0.3, 0.4) is 0 Å². The van der Waals surface area contributed by atoms with Crippen molar-refractivity contribution in [2.75, 3.05) is 41.4 Å². The largest absolute Gasteiger partial charge is 0.490 e. The summed E-state index contributed by atoms with van der Waals surface area (Å²) in [7, 11) is 5.41. The van der Waals surface area contributed by atoms with Crippen molar-refractivity contribution in [1.29, 1.82) is 0 Å². The highest BCUT2D eigenvalue weighted by atomic mass is 16.6. The molecule has 0 saturated carbocycles. The van der Waals surface area contributed by atoms with Crippen molar-refractivity contribution >= 4 is 59.4 Å². The number of aromatic nitrogens is 4. The molecular weight excluding hydrogens is 1190 g/mol. The maximum atomic E-state index is 15.1. The lowest BCUT2D eigenvalue weighted by molar-refractivity contribution is -0.176. The third-order valence-electron chi connectivity index (χ3n) is 15.4. The van der Waals surface area contributed by atoms with Crippen molar-refractivity contribution in [2.24, 2.45) is 23.7 Å². The number of esters is 4. The fourth-order valence-corrected chi connectivity index (χ4v) is 10.4. The lowest BCUT2D eigenvalue weighted by Gasteiger charge is -2.35. The molecule has 4 amide bonds. The van der Waals surface area contributed by atoms with Gasteiger partial charge in [-0.1, -0.05) is 104 Å². The van der Waals surface area contributed by atoms with E-state index in [-0.39, 0.29) is 101 Å². The van der Waals surface area contributed by atoms with Crippen molar-refractivity contribution in [3.8, 4) is 11.5 Å². The van der Waals surface area contributed by atoms with Gasteiger partial charge in [0.1, 0.15) is 24.2 Å². The van der Waals surface area contributed by atoms with Gasteiger partial charge in [0.05, 0.1) is 63.9 Å². The third kappa shape index (κ3) is 22.2. The Kier molecular flexibility index (Phi) is 27.7. The quantitative estimate of drug-likeness (QED) is 0.0613. The Labute approximate surface area is 537 Å². The minimum atomic E-state index is -1.61. The summed E-state index contributed by atoms with van der Waals surface area (Å²) < 4.78 is 38.4. The summed E-state index contributed by atoms with van der Waals surface area (Å²) in [6.45, 7) is 17.7. The summed E-state index contributed by atoms with van der Waals surface area (Å²) in [4.78, 5) is 144. The van der Waals surface area contributed by atoms with Gasteiger partial charge in [-0.25, -0.2) is 19.2 Å². The molecule has 8 atom stereocenters. The Morgan fingerprint density at radius 2 is 0.717 bits per heavy atom. The first-order chi connectivity index (χ1) is 43.3. The van der Waals surface area contributed by atoms with Crippen molar-refractivity contribution in [3.05, 3.63) is 95.6 Å². The average molecular weight is 1290 g/mol. The smallest absolute Gasteiger partial charge is 0.329 e. The highest BCUT2D eigenvalue weighted by Crippen LogP contribution is 2.25. The lowest BCUT2D eigenvalue weighted by Crippen LogP contribution is -2.55. The third-order valence-corrected chi connectivity index (χ3v) is 15.4. The maximum Gasteiger partial charge on any atom is 0.329 e. The fourth-order valence-electron chi connectivity index (χ4n) is 10.4. The molecule has 5 rings (SSSR count). The Balaban J connectivity index is 1.54. The Morgan fingerprint density at radius 1 is 0.446 bits per heavy atom. The standard InChI is InChI=1S/C66H92N8O18/c1-39(2)27-51-63(83)89-43(9)59(79)69(11)54(30-42(7)8)66(86)92-56(32-46-17-21-48(22-18-46)36-74-38-50(34-68-74)88-26-24-58(77)78)62(82)72(14)52(28-40(3)4)64(84)90-44(10)60(80)70(12)53(29-41(5)6)65(85)91-55(61(81)71(51)13)31-45-15-19-47(20-16-45)35-73-37-49(33-67-73)87-25-23-57(75)76/h15-22,33-34,37-44,51-56H,23-32,35-36H2,1-14H3,(H,75,76)(H,77,78)/t43-,44-,51+,52+,53+,54+,55-,56-/m1/s1. The molecule has 3 heterocycles. The molecule has 504 valence electrons. The van der Waals surface area contributed by atoms with E-state index in [0.717, 1.165) is 30.7 Å². The van der Waals surface area contributed by atoms with Crippen LogP contribution in [-0.4, -0.2) is 199 Å². The number of likely N-dealkylation sites (N-methyl/N-ethyl adjacent to an activating group) is 4. The molecule has 0 bridgehead atoms. The molecule has 0 aliphatic carbocycles. The van der Waals surface area contributed by atoms with Gasteiger partial charge in [0, 0.05) is 41.0 Å². The Morgan fingerprint density at radius 3 is 1.00 bits per heavy atom. The van der Waals surface area contributed by atoms with Crippen LogP contribution >= 0.6 is 0 Å². The van der Waals surface area contributed by atoms with Crippen LogP contribution in [0.1, 0.15) is 130 Å². The zero-order chi connectivity index (χ0) is 68.3. The molecule has 26 heteroatoms. The molecule has 0 radical (unpaired) electrons. The number of amides is 4. The second kappa shape index (κ2) is 34.5. The Bertz CT molecular complexity index is 2930. The van der Waals surface area contributed by atoms with E-state index < -0.39 is 108 Å². The number of carboxylic acids is 2. The summed E-state index contributed by atoms with van der Waals surface area (Å²) in [5.74, 6) is -9.32. The first-order valence-electron chi connectivity index (χ1n) is 31.1. The molecule has 1 saturated heterocycles. The maximum absolute atomic E-state index is 15.1. The van der Waals surface area contributed by atoms with Crippen molar-refractivity contribution in [2.45, 2.75) is 182 Å². The number of carbonyl (C=O) groups excluding carboxylic acids is 8. The SMILES string of the molecule is CC(C)C[C@H]1C(=O)O[C@H](Cc2ccc(Cn3cc(OCCC(=O)O)cn3)cc2)C(=O)N(C)[C@@H](CC(C)C)C(=O)O[C@H](C)C(=O)N(C)[C@@H](CC(C)C)C(=O)O[C@H](Cc2ccc(Cn3cc(OCCC(=O)O)cn3)cc2)C(=O)N(C)[C@@H](CC(C)C)C(=O)O[C@H](C)C(=O)N1C. The number of cyclic esters (lactones) is 4. The van der Waals surface area contributed by atoms with Crippen LogP contribution in [0.4, 0.5) is 0 Å². The summed E-state index contributed by atoms with van der Waals surface area (Å²) >= 11 is 0.